The van der Waals surface area contributed by atoms with Crippen LogP contribution in [-0.2, 0) is 4.74 Å². The highest BCUT2D eigenvalue weighted by molar-refractivity contribution is 9.10. The molecule has 0 atom stereocenters. The number of hydrogen-bond donors (Lipinski definition) is 0. The lowest BCUT2D eigenvalue weighted by Gasteiger charge is -2.04. The molecule has 0 heterocycles. The molecule has 0 aliphatic rings. The standard InChI is InChI=1S/C13H16BrN2O2/c1-2-3-4-5-6-18-13(17)10-7-11(14)9-12(8-10)16-15/h7-9H,2-6H2,1H3/q+1. The van der Waals surface area contributed by atoms with Crippen LogP contribution in [0.3, 0.4) is 0 Å². The van der Waals surface area contributed by atoms with Gasteiger partial charge >= 0.3 is 11.7 Å². The second-order valence-electron chi connectivity index (χ2n) is 3.99. The van der Waals surface area contributed by atoms with Gasteiger partial charge in [-0.15, -0.1) is 0 Å². The van der Waals surface area contributed by atoms with Crippen molar-refractivity contribution in [1.82, 2.24) is 0 Å². The monoisotopic (exact) mass is 311 g/mol. The van der Waals surface area contributed by atoms with Gasteiger partial charge in [0.1, 0.15) is 0 Å². The van der Waals surface area contributed by atoms with Gasteiger partial charge in [0.05, 0.1) is 12.2 Å². The van der Waals surface area contributed by atoms with E-state index in [9.17, 15) is 4.79 Å². The van der Waals surface area contributed by atoms with Crippen molar-refractivity contribution < 1.29 is 9.53 Å². The zero-order chi connectivity index (χ0) is 13.4. The molecule has 0 radical (unpaired) electrons. The lowest BCUT2D eigenvalue weighted by atomic mass is 10.2. The summed E-state index contributed by atoms with van der Waals surface area (Å²) < 4.78 is 5.82. The molecular formula is C13H16BrN2O2+. The van der Waals surface area contributed by atoms with Crippen LogP contribution in [0, 0.1) is 5.39 Å². The first-order chi connectivity index (χ1) is 8.67. The fourth-order valence-corrected chi connectivity index (χ4v) is 2.01. The third-order valence-corrected chi connectivity index (χ3v) is 2.92. The maximum absolute atomic E-state index is 11.7. The Morgan fingerprint density at radius 2 is 2.11 bits per heavy atom. The SMILES string of the molecule is CCCCCCOC(=O)c1cc(Br)cc([N+]#N)c1. The van der Waals surface area contributed by atoms with Crippen molar-refractivity contribution in [2.24, 2.45) is 0 Å². The van der Waals surface area contributed by atoms with E-state index in [0.717, 1.165) is 25.7 Å². The number of rotatable bonds is 6. The molecule has 0 amide bonds. The Morgan fingerprint density at radius 3 is 2.78 bits per heavy atom. The van der Waals surface area contributed by atoms with Crippen molar-refractivity contribution in [3.05, 3.63) is 33.2 Å². The van der Waals surface area contributed by atoms with E-state index in [4.69, 9.17) is 10.1 Å². The van der Waals surface area contributed by atoms with E-state index in [0.29, 0.717) is 22.3 Å². The van der Waals surface area contributed by atoms with E-state index in [1.165, 1.54) is 6.07 Å². The second-order valence-corrected chi connectivity index (χ2v) is 4.91. The summed E-state index contributed by atoms with van der Waals surface area (Å²) in [7, 11) is 0. The molecule has 0 spiro atoms. The Balaban J connectivity index is 2.51. The van der Waals surface area contributed by atoms with Gasteiger partial charge in [-0.05, 0) is 12.5 Å². The van der Waals surface area contributed by atoms with Crippen LogP contribution in [0.2, 0.25) is 0 Å². The number of ether oxygens (including phenoxy) is 1. The molecule has 0 unspecified atom stereocenters. The van der Waals surface area contributed by atoms with Crippen LogP contribution in [-0.4, -0.2) is 12.6 Å². The molecule has 4 nitrogen and oxygen atoms in total. The molecule has 0 aromatic heterocycles. The number of diazo groups is 1. The second kappa shape index (κ2) is 7.83. The number of hydrogen-bond acceptors (Lipinski definition) is 3. The van der Waals surface area contributed by atoms with E-state index in [-0.39, 0.29) is 0 Å². The van der Waals surface area contributed by atoms with E-state index < -0.39 is 5.97 Å². The predicted molar refractivity (Wildman–Crippen MR) is 73.3 cm³/mol. The molecule has 0 bridgehead atoms. The zero-order valence-electron chi connectivity index (χ0n) is 10.4. The summed E-state index contributed by atoms with van der Waals surface area (Å²) in [5.41, 5.74) is 0.704. The molecule has 0 aliphatic heterocycles. The highest BCUT2D eigenvalue weighted by atomic mass is 79.9. The number of carbonyl (C=O) groups is 1. The minimum absolute atomic E-state index is 0.322. The van der Waals surface area contributed by atoms with Gasteiger partial charge in [0.15, 0.2) is 4.98 Å². The van der Waals surface area contributed by atoms with Gasteiger partial charge in [-0.25, -0.2) is 4.79 Å². The fourth-order valence-electron chi connectivity index (χ4n) is 1.53. The Kier molecular flexibility index (Phi) is 6.37. The average Bonchev–Trinajstić information content (AvgIpc) is 2.37. The maximum atomic E-state index is 11.7. The first-order valence-electron chi connectivity index (χ1n) is 6.00. The van der Waals surface area contributed by atoms with E-state index in [1.54, 1.807) is 12.1 Å². The summed E-state index contributed by atoms with van der Waals surface area (Å²) in [6.07, 6.45) is 4.26. The molecule has 18 heavy (non-hydrogen) atoms. The summed E-state index contributed by atoms with van der Waals surface area (Å²) in [5, 5.41) is 8.69. The van der Waals surface area contributed by atoms with E-state index in [1.807, 2.05) is 0 Å². The minimum atomic E-state index is -0.391. The Morgan fingerprint density at radius 1 is 1.33 bits per heavy atom. The third-order valence-electron chi connectivity index (χ3n) is 2.46. The van der Waals surface area contributed by atoms with Crippen molar-refractivity contribution in [2.45, 2.75) is 32.6 Å². The molecule has 1 rings (SSSR count). The molecule has 0 saturated heterocycles. The zero-order valence-corrected chi connectivity index (χ0v) is 11.9. The van der Waals surface area contributed by atoms with Crippen molar-refractivity contribution >= 4 is 27.6 Å². The van der Waals surface area contributed by atoms with Crippen LogP contribution >= 0.6 is 15.9 Å². The van der Waals surface area contributed by atoms with Crippen LogP contribution in [0.1, 0.15) is 43.0 Å². The normalized spacial score (nSPS) is 9.83. The highest BCUT2D eigenvalue weighted by Crippen LogP contribution is 2.22. The van der Waals surface area contributed by atoms with Crippen molar-refractivity contribution in [3.8, 4) is 0 Å². The minimum Gasteiger partial charge on any atom is -0.462 e. The quantitative estimate of drug-likeness (QED) is 0.436. The van der Waals surface area contributed by atoms with Crippen LogP contribution < -0.4 is 0 Å². The Hall–Kier alpha value is -1.41. The van der Waals surface area contributed by atoms with Crippen LogP contribution in [0.25, 0.3) is 4.98 Å². The number of nitrogens with zero attached hydrogens (tertiary/aromatic N) is 2. The number of carbonyl (C=O) groups excluding carboxylic acids is 1. The number of benzene rings is 1. The summed E-state index contributed by atoms with van der Waals surface area (Å²) in [6.45, 7) is 2.56. The smallest absolute Gasteiger partial charge is 0.387 e. The van der Waals surface area contributed by atoms with Gasteiger partial charge < -0.3 is 4.74 Å². The van der Waals surface area contributed by atoms with Gasteiger partial charge in [-0.3, -0.25) is 0 Å². The van der Waals surface area contributed by atoms with Crippen LogP contribution in [0.5, 0.6) is 0 Å². The lowest BCUT2D eigenvalue weighted by Crippen LogP contribution is -2.06. The van der Waals surface area contributed by atoms with Gasteiger partial charge in [-0.2, -0.15) is 0 Å². The van der Waals surface area contributed by atoms with Gasteiger partial charge in [0.2, 0.25) is 5.39 Å². The number of unbranched alkanes of at least 4 members (excludes halogenated alkanes) is 3. The molecule has 1 aromatic carbocycles. The highest BCUT2D eigenvalue weighted by Gasteiger charge is 2.14. The molecular weight excluding hydrogens is 296 g/mol. The lowest BCUT2D eigenvalue weighted by molar-refractivity contribution is 0.0498. The first kappa shape index (κ1) is 14.7. The fraction of sp³-hybridized carbons (Fsp3) is 0.462. The summed E-state index contributed by atoms with van der Waals surface area (Å²) in [4.78, 5) is 14.8. The Labute approximate surface area is 115 Å². The van der Waals surface area contributed by atoms with Gasteiger partial charge in [0.25, 0.3) is 0 Å². The largest absolute Gasteiger partial charge is 0.462 e. The average molecular weight is 312 g/mol. The molecule has 1 aromatic rings. The van der Waals surface area contributed by atoms with Crippen LogP contribution in [0.15, 0.2) is 22.7 Å². The van der Waals surface area contributed by atoms with Gasteiger partial charge in [-0.1, -0.05) is 42.1 Å². The van der Waals surface area contributed by atoms with Crippen molar-refractivity contribution in [1.29, 1.82) is 5.39 Å². The Bertz CT molecular complexity index is 455. The van der Waals surface area contributed by atoms with E-state index in [2.05, 4.69) is 27.8 Å². The predicted octanol–water partition coefficient (Wildman–Crippen LogP) is 4.67. The molecule has 0 N–H and O–H groups in total. The maximum Gasteiger partial charge on any atom is 0.387 e. The molecule has 0 aliphatic carbocycles. The van der Waals surface area contributed by atoms with Gasteiger partial charge in [0, 0.05) is 16.6 Å². The molecule has 96 valence electrons. The third kappa shape index (κ3) is 4.84. The van der Waals surface area contributed by atoms with Crippen molar-refractivity contribution in [2.75, 3.05) is 6.61 Å². The first-order valence-corrected chi connectivity index (χ1v) is 6.79. The molecule has 0 fully saturated rings. The van der Waals surface area contributed by atoms with Crippen molar-refractivity contribution in [3.63, 3.8) is 0 Å². The number of halogens is 1. The topological polar surface area (TPSA) is 54.5 Å². The summed E-state index contributed by atoms with van der Waals surface area (Å²) in [5.74, 6) is -0.391. The van der Waals surface area contributed by atoms with E-state index >= 15 is 0 Å². The molecule has 5 heteroatoms. The molecule has 0 saturated carbocycles. The van der Waals surface area contributed by atoms with Crippen LogP contribution in [0.4, 0.5) is 5.69 Å². The summed E-state index contributed by atoms with van der Waals surface area (Å²) >= 11 is 3.25. The summed E-state index contributed by atoms with van der Waals surface area (Å²) in [6, 6.07) is 4.74. The number of esters is 1.